The molecule has 0 radical (unpaired) electrons. The second-order valence-corrected chi connectivity index (χ2v) is 5.27. The van der Waals surface area contributed by atoms with Crippen molar-refractivity contribution in [2.24, 2.45) is 0 Å². The summed E-state index contributed by atoms with van der Waals surface area (Å²) in [5, 5.41) is 0. The second kappa shape index (κ2) is 21.5. The molecule has 0 aliphatic heterocycles. The average molecular weight is 381 g/mol. The van der Waals surface area contributed by atoms with Gasteiger partial charge >= 0.3 is 74.3 Å². The van der Waals surface area contributed by atoms with Gasteiger partial charge in [0.05, 0.1) is 6.61 Å². The molecule has 0 spiro atoms. The van der Waals surface area contributed by atoms with Crippen molar-refractivity contribution in [3.8, 4) is 0 Å². The van der Waals surface area contributed by atoms with Crippen molar-refractivity contribution in [3.05, 3.63) is 35.9 Å². The molecular weight excluding hydrogens is 368 g/mol. The van der Waals surface area contributed by atoms with E-state index in [9.17, 15) is 4.79 Å². The van der Waals surface area contributed by atoms with Crippen molar-refractivity contribution in [1.29, 1.82) is 0 Å². The van der Waals surface area contributed by atoms with Crippen LogP contribution in [-0.4, -0.2) is 84.0 Å². The van der Waals surface area contributed by atoms with E-state index >= 15 is 0 Å². The zero-order valence-electron chi connectivity index (χ0n) is 12.9. The molecule has 0 unspecified atom stereocenters. The van der Waals surface area contributed by atoms with Gasteiger partial charge in [-0.2, -0.15) is 21.6 Å². The number of nitrogens with zero attached hydrogens (tertiary/aromatic N) is 2. The minimum absolute atomic E-state index is 0.296. The fraction of sp³-hybridized carbons (Fsp3) is 0.200. The number of nitrogens with two attached hydrogens (primary N) is 1. The fourth-order valence-electron chi connectivity index (χ4n) is 0.680. The molecule has 0 aliphatic rings. The van der Waals surface area contributed by atoms with Crippen LogP contribution in [0.3, 0.4) is 0 Å². The summed E-state index contributed by atoms with van der Waals surface area (Å²) in [5.74, 6) is -0.630. The van der Waals surface area contributed by atoms with Crippen molar-refractivity contribution in [1.82, 2.24) is 0 Å². The van der Waals surface area contributed by atoms with Crippen LogP contribution in [0.5, 0.6) is 0 Å². The molecule has 9 nitrogen and oxygen atoms in total. The fourth-order valence-corrected chi connectivity index (χ4v) is 0.680. The van der Waals surface area contributed by atoms with Crippen LogP contribution in [0.25, 0.3) is 5.53 Å². The number of benzene rings is 1. The molecule has 1 aromatic carbocycles. The Kier molecular flexibility index (Phi) is 25.6. The first kappa shape index (κ1) is 27.4. The third kappa shape index (κ3) is 26.7. The van der Waals surface area contributed by atoms with Crippen LogP contribution in [0.1, 0.15) is 6.92 Å². The number of carbonyl (C=O) groups excluding carboxylic acids is 1. The quantitative estimate of drug-likeness (QED) is 0.172. The number of nitrogen functional groups attached to an aromatic ring is 1. The van der Waals surface area contributed by atoms with E-state index in [1.165, 1.54) is 43.6 Å². The van der Waals surface area contributed by atoms with Crippen molar-refractivity contribution < 1.29 is 31.2 Å². The summed E-state index contributed by atoms with van der Waals surface area (Å²) in [7, 11) is -5.90. The Morgan fingerprint density at radius 2 is 1.65 bits per heavy atom. The summed E-state index contributed by atoms with van der Waals surface area (Å²) in [5.41, 5.74) is 13.9. The van der Waals surface area contributed by atoms with Crippen molar-refractivity contribution in [2.45, 2.75) is 6.92 Å². The number of anilines is 1. The summed E-state index contributed by atoms with van der Waals surface area (Å²) in [6, 6.07) is 9.49. The zero-order chi connectivity index (χ0) is 18.7. The summed E-state index contributed by atoms with van der Waals surface area (Å²) >= 11 is 2.89. The molecule has 0 aliphatic carbocycles. The number of para-hydroxylation sites is 1. The Hall–Kier alpha value is -0.490. The van der Waals surface area contributed by atoms with Crippen molar-refractivity contribution in [3.63, 3.8) is 0 Å². The van der Waals surface area contributed by atoms with Gasteiger partial charge < -0.3 is 16.0 Å². The van der Waals surface area contributed by atoms with Crippen molar-refractivity contribution >= 4 is 80.0 Å². The Balaban J connectivity index is -0.000000249. The van der Waals surface area contributed by atoms with Gasteiger partial charge in [0.25, 0.3) is 0 Å². The van der Waals surface area contributed by atoms with Gasteiger partial charge in [0.15, 0.2) is 0 Å². The molecule has 23 heavy (non-hydrogen) atoms. The van der Waals surface area contributed by atoms with Crippen LogP contribution >= 0.6 is 0 Å². The van der Waals surface area contributed by atoms with Crippen LogP contribution in [0.2, 0.25) is 0 Å². The summed E-state index contributed by atoms with van der Waals surface area (Å²) in [4.78, 5) is 12.6. The Bertz CT molecular complexity index is 672. The number of hydrogen-bond donors (Lipinski definition) is 1. The molecule has 2 N–H and O–H groups in total. The third-order valence-electron chi connectivity index (χ3n) is 1.36. The van der Waals surface area contributed by atoms with E-state index in [0.29, 0.717) is 12.8 Å². The van der Waals surface area contributed by atoms with E-state index in [-0.39, 0.29) is 0 Å². The molecule has 118 valence electrons. The number of esters is 1. The molecule has 0 aromatic heterocycles. The minimum atomic E-state index is -2.95. The molecule has 1 rings (SSSR count). The topological polar surface area (TPSA) is 157 Å². The summed E-state index contributed by atoms with van der Waals surface area (Å²) in [6.07, 6.45) is 0.698. The Morgan fingerprint density at radius 1 is 1.22 bits per heavy atom. The first-order chi connectivity index (χ1) is 10.8. The van der Waals surface area contributed by atoms with E-state index in [1.54, 1.807) is 6.92 Å². The number of carbonyl (C=O) groups is 1. The normalized spacial score (nSPS) is 7.35. The van der Waals surface area contributed by atoms with E-state index in [2.05, 4.69) is 9.53 Å². The van der Waals surface area contributed by atoms with Gasteiger partial charge in [-0.15, -0.1) is 0 Å². The Labute approximate surface area is 164 Å². The first-order valence-electron chi connectivity index (χ1n) is 6.18. The Morgan fingerprint density at radius 3 is 1.87 bits per heavy atom. The summed E-state index contributed by atoms with van der Waals surface area (Å²) in [6.45, 7) is 1.97. The van der Waals surface area contributed by atoms with Crippen LogP contribution in [0, 0.1) is 0 Å². The van der Waals surface area contributed by atoms with Gasteiger partial charge in [0, 0.05) is 5.69 Å². The second-order valence-electron chi connectivity index (χ2n) is 2.82. The molecule has 1 aromatic rings. The zero-order valence-corrected chi connectivity index (χ0v) is 18.5. The number of ether oxygens (including phenoxy) is 1. The van der Waals surface area contributed by atoms with Crippen LogP contribution in [0.4, 0.5) is 5.69 Å². The van der Waals surface area contributed by atoms with Crippen LogP contribution < -0.4 is 5.73 Å². The molecule has 0 amide bonds. The van der Waals surface area contributed by atoms with E-state index in [0.717, 1.165) is 5.69 Å². The molecule has 0 saturated carbocycles. The molecular formula is C10H13N3Na2O6S2. The third-order valence-corrected chi connectivity index (χ3v) is 2.25. The van der Waals surface area contributed by atoms with Gasteiger partial charge in [0.2, 0.25) is 0 Å². The summed E-state index contributed by atoms with van der Waals surface area (Å²) < 4.78 is 40.7. The molecule has 0 bridgehead atoms. The van der Waals surface area contributed by atoms with Gasteiger partial charge in [0.1, 0.15) is 0 Å². The molecule has 0 heterocycles. The van der Waals surface area contributed by atoms with Crippen molar-refractivity contribution in [2.75, 3.05) is 12.3 Å². The molecule has 0 atom stereocenters. The van der Waals surface area contributed by atoms with E-state index in [4.69, 9.17) is 28.1 Å². The van der Waals surface area contributed by atoms with Crippen LogP contribution in [-0.2, 0) is 28.1 Å². The molecule has 13 heteroatoms. The SMILES string of the molecule is CCOC(=O)C=[N+]=[N-].Nc1ccccc1.O=S(=O)=S(=O)=O.[Na][Na]. The van der Waals surface area contributed by atoms with E-state index in [1.807, 2.05) is 30.3 Å². The molecule has 0 saturated heterocycles. The maximum absolute atomic E-state index is 10.1. The molecule has 0 fully saturated rings. The standard InChI is InChI=1S/C6H7N.C4H6N2O2.2Na.O4S2/c7-6-4-2-1-3-5-6;1-2-8-4(7)3-6-5;;;1-5(2)6(3)4/h1-5H,7H2;3H,2H2,1H3;;;. The van der Waals surface area contributed by atoms with Crippen LogP contribution in [0.15, 0.2) is 30.3 Å². The number of rotatable bonds is 2. The predicted molar refractivity (Wildman–Crippen MR) is 86.5 cm³/mol. The number of hydrogen-bond acceptors (Lipinski definition) is 7. The average Bonchev–Trinajstić information content (AvgIpc) is 2.52. The monoisotopic (exact) mass is 381 g/mol. The first-order valence-corrected chi connectivity index (χ1v) is 16.9. The van der Waals surface area contributed by atoms with Gasteiger partial charge in [-0.25, -0.2) is 4.79 Å². The van der Waals surface area contributed by atoms with Gasteiger partial charge in [-0.3, -0.25) is 0 Å². The van der Waals surface area contributed by atoms with Gasteiger partial charge in [-0.1, -0.05) is 18.2 Å². The maximum atomic E-state index is 10.1. The predicted octanol–water partition coefficient (Wildman–Crippen LogP) is -0.983. The van der Waals surface area contributed by atoms with E-state index < -0.39 is 24.5 Å². The van der Waals surface area contributed by atoms with Gasteiger partial charge in [-0.05, 0) is 19.1 Å².